The first kappa shape index (κ1) is 21.1. The second kappa shape index (κ2) is 7.54. The molecule has 4 N–H and O–H groups in total. The molecule has 3 heteroatoms. The molecule has 0 spiro atoms. The van der Waals surface area contributed by atoms with Crippen molar-refractivity contribution in [3.05, 3.63) is 0 Å². The Kier molecular flexibility index (Phi) is 5.69. The Morgan fingerprint density at radius 1 is 1.04 bits per heavy atom. The van der Waals surface area contributed by atoms with Crippen LogP contribution in [0.4, 0.5) is 0 Å². The van der Waals surface area contributed by atoms with Gasteiger partial charge in [-0.3, -0.25) is 0 Å². The number of rotatable bonds is 5. The Balaban J connectivity index is 1.60. The van der Waals surface area contributed by atoms with E-state index in [1.807, 2.05) is 0 Å². The minimum Gasteiger partial charge on any atom is -0.393 e. The molecule has 4 fully saturated rings. The van der Waals surface area contributed by atoms with Crippen molar-refractivity contribution in [3.63, 3.8) is 0 Å². The maximum Gasteiger partial charge on any atom is 0.0558 e. The van der Waals surface area contributed by atoms with Crippen LogP contribution in [0.25, 0.3) is 0 Å². The van der Waals surface area contributed by atoms with Crippen LogP contribution < -0.4 is 11.1 Å². The predicted octanol–water partition coefficient (Wildman–Crippen LogP) is 4.72. The van der Waals surface area contributed by atoms with Crippen molar-refractivity contribution in [1.82, 2.24) is 5.32 Å². The molecular formula is C25H46N2O. The van der Waals surface area contributed by atoms with Gasteiger partial charge in [0.1, 0.15) is 0 Å². The van der Waals surface area contributed by atoms with Gasteiger partial charge in [-0.25, -0.2) is 0 Å². The Bertz CT molecular complexity index is 567. The van der Waals surface area contributed by atoms with E-state index < -0.39 is 0 Å². The summed E-state index contributed by atoms with van der Waals surface area (Å²) in [7, 11) is 2.08. The number of aliphatic hydroxyl groups is 1. The van der Waals surface area contributed by atoms with Crippen LogP contribution in [0, 0.1) is 40.4 Å². The Hall–Kier alpha value is -0.120. The van der Waals surface area contributed by atoms with Crippen molar-refractivity contribution in [2.45, 2.75) is 103 Å². The molecule has 3 nitrogen and oxygen atoms in total. The van der Waals surface area contributed by atoms with Crippen molar-refractivity contribution in [2.75, 3.05) is 13.6 Å². The molecule has 4 aliphatic carbocycles. The largest absolute Gasteiger partial charge is 0.393 e. The molecule has 0 heterocycles. The number of nitrogens with one attached hydrogen (secondary N) is 1. The second-order valence-electron chi connectivity index (χ2n) is 11.6. The average Bonchev–Trinajstić information content (AvgIpc) is 2.99. The van der Waals surface area contributed by atoms with Crippen molar-refractivity contribution in [1.29, 1.82) is 0 Å². The highest BCUT2D eigenvalue weighted by Crippen LogP contribution is 2.69. The molecule has 0 aromatic rings. The molecule has 4 rings (SSSR count). The molecule has 28 heavy (non-hydrogen) atoms. The third-order valence-corrected chi connectivity index (χ3v) is 10.8. The highest BCUT2D eigenvalue weighted by molar-refractivity contribution is 5.18. The van der Waals surface area contributed by atoms with E-state index in [1.165, 1.54) is 51.4 Å². The summed E-state index contributed by atoms with van der Waals surface area (Å²) in [4.78, 5) is 0. The highest BCUT2D eigenvalue weighted by Gasteiger charge is 2.65. The van der Waals surface area contributed by atoms with E-state index in [-0.39, 0.29) is 17.1 Å². The summed E-state index contributed by atoms with van der Waals surface area (Å²) in [5.74, 6) is 4.07. The van der Waals surface area contributed by atoms with E-state index in [0.717, 1.165) is 49.5 Å². The van der Waals surface area contributed by atoms with Gasteiger partial charge in [-0.05, 0) is 118 Å². The Morgan fingerprint density at radius 2 is 1.82 bits per heavy atom. The van der Waals surface area contributed by atoms with Gasteiger partial charge in [-0.2, -0.15) is 0 Å². The standard InChI is InChI=1S/C25H46N2O/c1-5-17-15-20-21-9-8-18(7-6-14-27-4)23(21,2)12-11-22(20)24(3)13-10-19(28)16-25(17,24)26/h17-22,27-28H,5-16,26H2,1-4H3/t17-,18-,19+,20?,21?,22-,23?,24?,25?/m0/s1. The molecule has 0 bridgehead atoms. The molecule has 0 saturated heterocycles. The summed E-state index contributed by atoms with van der Waals surface area (Å²) < 4.78 is 0. The van der Waals surface area contributed by atoms with Crippen molar-refractivity contribution in [2.24, 2.45) is 46.2 Å². The van der Waals surface area contributed by atoms with Gasteiger partial charge in [0.15, 0.2) is 0 Å². The molecule has 0 radical (unpaired) electrons. The summed E-state index contributed by atoms with van der Waals surface area (Å²) in [5.41, 5.74) is 7.89. The number of hydrogen-bond donors (Lipinski definition) is 3. The predicted molar refractivity (Wildman–Crippen MR) is 117 cm³/mol. The topological polar surface area (TPSA) is 58.3 Å². The highest BCUT2D eigenvalue weighted by atomic mass is 16.3. The van der Waals surface area contributed by atoms with Gasteiger partial charge in [0.05, 0.1) is 6.10 Å². The number of hydrogen-bond acceptors (Lipinski definition) is 3. The molecule has 0 aromatic heterocycles. The van der Waals surface area contributed by atoms with Crippen molar-refractivity contribution < 1.29 is 5.11 Å². The lowest BCUT2D eigenvalue weighted by Crippen LogP contribution is -2.70. The molecule has 0 aromatic carbocycles. The van der Waals surface area contributed by atoms with Crippen LogP contribution in [-0.4, -0.2) is 30.3 Å². The normalized spacial score (nSPS) is 53.4. The lowest BCUT2D eigenvalue weighted by atomic mass is 9.40. The molecular weight excluding hydrogens is 344 g/mol. The number of aliphatic hydroxyl groups excluding tert-OH is 1. The van der Waals surface area contributed by atoms with Gasteiger partial charge < -0.3 is 16.2 Å². The van der Waals surface area contributed by atoms with Crippen LogP contribution in [-0.2, 0) is 0 Å². The van der Waals surface area contributed by atoms with Gasteiger partial charge >= 0.3 is 0 Å². The maximum atomic E-state index is 10.5. The fraction of sp³-hybridized carbons (Fsp3) is 1.00. The first-order chi connectivity index (χ1) is 13.3. The zero-order valence-corrected chi connectivity index (χ0v) is 19.0. The number of fused-ring (bicyclic) bond motifs is 5. The quantitative estimate of drug-likeness (QED) is 0.595. The maximum absolute atomic E-state index is 10.5. The van der Waals surface area contributed by atoms with E-state index in [1.54, 1.807) is 0 Å². The molecule has 5 unspecified atom stereocenters. The van der Waals surface area contributed by atoms with E-state index >= 15 is 0 Å². The SMILES string of the molecule is CC[C@H]1CC2C3CC[C@H](CCCNC)C3(C)CC[C@@H]2C2(C)CC[C@@H](O)CC12N. The summed E-state index contributed by atoms with van der Waals surface area (Å²) in [6.07, 6.45) is 13.7. The zero-order chi connectivity index (χ0) is 20.2. The monoisotopic (exact) mass is 390 g/mol. The third-order valence-electron chi connectivity index (χ3n) is 10.8. The van der Waals surface area contributed by atoms with Crippen LogP contribution in [0.5, 0.6) is 0 Å². The van der Waals surface area contributed by atoms with Gasteiger partial charge in [0.25, 0.3) is 0 Å². The minimum absolute atomic E-state index is 0.154. The number of nitrogens with two attached hydrogens (primary N) is 1. The smallest absolute Gasteiger partial charge is 0.0558 e. The molecule has 4 saturated carbocycles. The third kappa shape index (κ3) is 2.94. The first-order valence-electron chi connectivity index (χ1n) is 12.4. The van der Waals surface area contributed by atoms with Gasteiger partial charge in [0.2, 0.25) is 0 Å². The molecule has 4 aliphatic rings. The summed E-state index contributed by atoms with van der Waals surface area (Å²) in [6.45, 7) is 8.69. The average molecular weight is 391 g/mol. The van der Waals surface area contributed by atoms with E-state index in [2.05, 4.69) is 33.1 Å². The zero-order valence-electron chi connectivity index (χ0n) is 19.0. The molecule has 162 valence electrons. The summed E-state index contributed by atoms with van der Waals surface area (Å²) >= 11 is 0. The molecule has 0 aliphatic heterocycles. The van der Waals surface area contributed by atoms with Crippen molar-refractivity contribution >= 4 is 0 Å². The van der Waals surface area contributed by atoms with Gasteiger partial charge in [0, 0.05) is 5.54 Å². The first-order valence-corrected chi connectivity index (χ1v) is 12.4. The van der Waals surface area contributed by atoms with Crippen LogP contribution in [0.2, 0.25) is 0 Å². The minimum atomic E-state index is -0.180. The van der Waals surface area contributed by atoms with Crippen LogP contribution in [0.1, 0.15) is 91.4 Å². The molecule has 0 amide bonds. The van der Waals surface area contributed by atoms with Crippen LogP contribution >= 0.6 is 0 Å². The van der Waals surface area contributed by atoms with E-state index in [4.69, 9.17) is 5.73 Å². The summed E-state index contributed by atoms with van der Waals surface area (Å²) in [6, 6.07) is 0. The fourth-order valence-electron chi connectivity index (χ4n) is 9.17. The van der Waals surface area contributed by atoms with Crippen LogP contribution in [0.3, 0.4) is 0 Å². The summed E-state index contributed by atoms with van der Waals surface area (Å²) in [5, 5.41) is 13.8. The Morgan fingerprint density at radius 3 is 2.54 bits per heavy atom. The van der Waals surface area contributed by atoms with Crippen molar-refractivity contribution in [3.8, 4) is 0 Å². The van der Waals surface area contributed by atoms with Gasteiger partial charge in [-0.15, -0.1) is 0 Å². The van der Waals surface area contributed by atoms with Crippen LogP contribution in [0.15, 0.2) is 0 Å². The second-order valence-corrected chi connectivity index (χ2v) is 11.6. The Labute approximate surface area is 173 Å². The molecule has 9 atom stereocenters. The lowest BCUT2D eigenvalue weighted by Gasteiger charge is -2.67. The van der Waals surface area contributed by atoms with E-state index in [0.29, 0.717) is 11.3 Å². The van der Waals surface area contributed by atoms with Gasteiger partial charge in [-0.1, -0.05) is 27.2 Å². The van der Waals surface area contributed by atoms with E-state index in [9.17, 15) is 5.11 Å². The lowest BCUT2D eigenvalue weighted by molar-refractivity contribution is -0.163. The fourth-order valence-corrected chi connectivity index (χ4v) is 9.17.